The summed E-state index contributed by atoms with van der Waals surface area (Å²) in [5.74, 6) is 1.07. The van der Waals surface area contributed by atoms with E-state index in [0.29, 0.717) is 18.0 Å². The van der Waals surface area contributed by atoms with Crippen LogP contribution < -0.4 is 0 Å². The third kappa shape index (κ3) is 2.24. The summed E-state index contributed by atoms with van der Waals surface area (Å²) in [4.78, 5) is 14.0. The SMILES string of the molecule is O=[N+]([O-])c1cnc(CCS)n1CCO. The molecule has 0 atom stereocenters. The van der Waals surface area contributed by atoms with Gasteiger partial charge in [0.2, 0.25) is 0 Å². The van der Waals surface area contributed by atoms with Gasteiger partial charge < -0.3 is 15.2 Å². The Kier molecular flexibility index (Phi) is 3.90. The second-order valence-electron chi connectivity index (χ2n) is 2.64. The van der Waals surface area contributed by atoms with Crippen molar-refractivity contribution in [3.8, 4) is 0 Å². The molecule has 1 N–H and O–H groups in total. The van der Waals surface area contributed by atoms with E-state index in [-0.39, 0.29) is 19.0 Å². The molecule has 0 aromatic carbocycles. The van der Waals surface area contributed by atoms with Crippen LogP contribution in [0.3, 0.4) is 0 Å². The molecule has 6 nitrogen and oxygen atoms in total. The molecule has 0 aliphatic heterocycles. The molecule has 0 radical (unpaired) electrons. The first-order valence-corrected chi connectivity index (χ1v) is 4.74. The van der Waals surface area contributed by atoms with Crippen molar-refractivity contribution >= 4 is 18.4 Å². The van der Waals surface area contributed by atoms with Crippen molar-refractivity contribution in [2.45, 2.75) is 13.0 Å². The molecule has 1 rings (SSSR count). The van der Waals surface area contributed by atoms with Gasteiger partial charge in [0.15, 0.2) is 5.82 Å². The highest BCUT2D eigenvalue weighted by Crippen LogP contribution is 2.14. The monoisotopic (exact) mass is 217 g/mol. The lowest BCUT2D eigenvalue weighted by molar-refractivity contribution is -0.392. The Hall–Kier alpha value is -1.08. The molecule has 0 spiro atoms. The molecule has 0 saturated heterocycles. The summed E-state index contributed by atoms with van der Waals surface area (Å²) in [6.07, 6.45) is 1.76. The standard InChI is InChI=1S/C7H11N3O3S/c11-3-2-9-6(1-4-14)8-5-7(9)10(12)13/h5,11,14H,1-4H2. The van der Waals surface area contributed by atoms with Crippen molar-refractivity contribution in [1.82, 2.24) is 9.55 Å². The normalized spacial score (nSPS) is 10.4. The molecule has 1 aromatic heterocycles. The lowest BCUT2D eigenvalue weighted by atomic mass is 10.4. The molecule has 0 aliphatic rings. The zero-order chi connectivity index (χ0) is 10.6. The maximum atomic E-state index is 10.6. The van der Waals surface area contributed by atoms with Crippen molar-refractivity contribution in [2.75, 3.05) is 12.4 Å². The molecule has 1 aromatic rings. The number of rotatable bonds is 5. The summed E-state index contributed by atoms with van der Waals surface area (Å²) in [6.45, 7) is 0.0518. The maximum absolute atomic E-state index is 10.6. The van der Waals surface area contributed by atoms with E-state index in [9.17, 15) is 10.1 Å². The van der Waals surface area contributed by atoms with Crippen LogP contribution in [0.25, 0.3) is 0 Å². The molecule has 0 fully saturated rings. The van der Waals surface area contributed by atoms with E-state index in [1.54, 1.807) is 0 Å². The second kappa shape index (κ2) is 4.97. The van der Waals surface area contributed by atoms with Gasteiger partial charge in [-0.05, 0) is 10.7 Å². The Labute approximate surface area is 86.1 Å². The first-order chi connectivity index (χ1) is 6.70. The number of aromatic nitrogens is 2. The van der Waals surface area contributed by atoms with Gasteiger partial charge in [-0.1, -0.05) is 0 Å². The van der Waals surface area contributed by atoms with Gasteiger partial charge in [-0.3, -0.25) is 0 Å². The van der Waals surface area contributed by atoms with E-state index < -0.39 is 4.92 Å². The lowest BCUT2D eigenvalue weighted by Crippen LogP contribution is -2.10. The lowest BCUT2D eigenvalue weighted by Gasteiger charge is -2.01. The van der Waals surface area contributed by atoms with Crippen LogP contribution in [0.2, 0.25) is 0 Å². The molecule has 78 valence electrons. The topological polar surface area (TPSA) is 81.2 Å². The molecule has 0 aliphatic carbocycles. The number of nitro groups is 1. The van der Waals surface area contributed by atoms with Crippen LogP contribution in [0.4, 0.5) is 5.82 Å². The fourth-order valence-electron chi connectivity index (χ4n) is 1.19. The third-order valence-electron chi connectivity index (χ3n) is 1.76. The Balaban J connectivity index is 3.00. The summed E-state index contributed by atoms with van der Waals surface area (Å²) in [5.41, 5.74) is 0. The van der Waals surface area contributed by atoms with E-state index in [0.717, 1.165) is 0 Å². The van der Waals surface area contributed by atoms with Crippen LogP contribution >= 0.6 is 12.6 Å². The van der Waals surface area contributed by atoms with Gasteiger partial charge in [0, 0.05) is 6.42 Å². The van der Waals surface area contributed by atoms with Crippen LogP contribution in [0.15, 0.2) is 6.20 Å². The van der Waals surface area contributed by atoms with E-state index in [4.69, 9.17) is 5.11 Å². The van der Waals surface area contributed by atoms with Crippen LogP contribution in [-0.2, 0) is 13.0 Å². The predicted molar refractivity (Wildman–Crippen MR) is 53.5 cm³/mol. The fraction of sp³-hybridized carbons (Fsp3) is 0.571. The van der Waals surface area contributed by atoms with E-state index in [2.05, 4.69) is 17.6 Å². The third-order valence-corrected chi connectivity index (χ3v) is 1.99. The molecule has 7 heteroatoms. The number of nitrogens with zero attached hydrogens (tertiary/aromatic N) is 3. The maximum Gasteiger partial charge on any atom is 0.342 e. The zero-order valence-corrected chi connectivity index (χ0v) is 8.35. The van der Waals surface area contributed by atoms with Crippen molar-refractivity contribution in [2.24, 2.45) is 0 Å². The largest absolute Gasteiger partial charge is 0.392 e. The van der Waals surface area contributed by atoms with Crippen LogP contribution in [0.1, 0.15) is 5.82 Å². The average Bonchev–Trinajstić information content (AvgIpc) is 2.50. The van der Waals surface area contributed by atoms with Crippen LogP contribution in [0, 0.1) is 10.1 Å². The predicted octanol–water partition coefficient (Wildman–Crippen LogP) is 0.256. The van der Waals surface area contributed by atoms with Crippen LogP contribution in [-0.4, -0.2) is 31.9 Å². The highest BCUT2D eigenvalue weighted by Gasteiger charge is 2.18. The van der Waals surface area contributed by atoms with Gasteiger partial charge in [-0.2, -0.15) is 12.6 Å². The molecule has 1 heterocycles. The molecule has 0 unspecified atom stereocenters. The Morgan fingerprint density at radius 3 is 2.93 bits per heavy atom. The van der Waals surface area contributed by atoms with Gasteiger partial charge in [0.05, 0.1) is 6.61 Å². The summed E-state index contributed by atoms with van der Waals surface area (Å²) in [7, 11) is 0. The Morgan fingerprint density at radius 2 is 2.43 bits per heavy atom. The minimum Gasteiger partial charge on any atom is -0.392 e. The number of aliphatic hydroxyl groups is 1. The summed E-state index contributed by atoms with van der Waals surface area (Å²) >= 11 is 4.02. The number of aryl methyl sites for hydroxylation is 1. The second-order valence-corrected chi connectivity index (χ2v) is 3.09. The summed E-state index contributed by atoms with van der Waals surface area (Å²) < 4.78 is 1.40. The van der Waals surface area contributed by atoms with E-state index in [1.807, 2.05) is 0 Å². The average molecular weight is 217 g/mol. The summed E-state index contributed by atoms with van der Waals surface area (Å²) in [5, 5.41) is 19.3. The minimum absolute atomic E-state index is 0.0872. The Bertz CT molecular complexity index is 326. The molecule has 0 saturated carbocycles. The van der Waals surface area contributed by atoms with E-state index in [1.165, 1.54) is 10.8 Å². The van der Waals surface area contributed by atoms with Gasteiger partial charge in [-0.15, -0.1) is 0 Å². The van der Waals surface area contributed by atoms with Gasteiger partial charge in [-0.25, -0.2) is 9.55 Å². The molecular formula is C7H11N3O3S. The molecule has 0 bridgehead atoms. The molecule has 14 heavy (non-hydrogen) atoms. The van der Waals surface area contributed by atoms with E-state index >= 15 is 0 Å². The highest BCUT2D eigenvalue weighted by atomic mass is 32.1. The molecule has 0 amide bonds. The number of hydrogen-bond donors (Lipinski definition) is 2. The van der Waals surface area contributed by atoms with Crippen molar-refractivity contribution in [3.63, 3.8) is 0 Å². The van der Waals surface area contributed by atoms with Crippen LogP contribution in [0.5, 0.6) is 0 Å². The number of thiol groups is 1. The fourth-order valence-corrected chi connectivity index (χ4v) is 1.39. The number of imidazole rings is 1. The summed E-state index contributed by atoms with van der Waals surface area (Å²) in [6, 6.07) is 0. The van der Waals surface area contributed by atoms with Crippen molar-refractivity contribution < 1.29 is 10.0 Å². The van der Waals surface area contributed by atoms with Gasteiger partial charge in [0.1, 0.15) is 12.7 Å². The molecular weight excluding hydrogens is 206 g/mol. The van der Waals surface area contributed by atoms with Gasteiger partial charge >= 0.3 is 5.82 Å². The smallest absolute Gasteiger partial charge is 0.342 e. The first-order valence-electron chi connectivity index (χ1n) is 4.11. The number of hydrogen-bond acceptors (Lipinski definition) is 5. The highest BCUT2D eigenvalue weighted by molar-refractivity contribution is 7.80. The van der Waals surface area contributed by atoms with Crippen molar-refractivity contribution in [3.05, 3.63) is 22.1 Å². The van der Waals surface area contributed by atoms with Gasteiger partial charge in [0.25, 0.3) is 0 Å². The minimum atomic E-state index is -0.509. The first kappa shape index (κ1) is 11.0. The van der Waals surface area contributed by atoms with Crippen molar-refractivity contribution in [1.29, 1.82) is 0 Å². The number of aliphatic hydroxyl groups excluding tert-OH is 1. The quantitative estimate of drug-likeness (QED) is 0.421. The zero-order valence-electron chi connectivity index (χ0n) is 7.46. The Morgan fingerprint density at radius 1 is 1.71 bits per heavy atom.